The first kappa shape index (κ1) is 13.3. The molecule has 1 unspecified atom stereocenters. The van der Waals surface area contributed by atoms with Crippen LogP contribution in [0.15, 0.2) is 24.3 Å². The van der Waals surface area contributed by atoms with Crippen molar-refractivity contribution in [1.82, 2.24) is 10.4 Å². The molecule has 1 aromatic carbocycles. The summed E-state index contributed by atoms with van der Waals surface area (Å²) in [6, 6.07) is 8.34. The number of carbonyl (C=O) groups is 1. The molecule has 98 valence electrons. The van der Waals surface area contributed by atoms with Gasteiger partial charge >= 0.3 is 0 Å². The zero-order valence-electron chi connectivity index (χ0n) is 10.2. The molecule has 0 radical (unpaired) electrons. The van der Waals surface area contributed by atoms with Crippen LogP contribution in [0.25, 0.3) is 0 Å². The Morgan fingerprint density at radius 2 is 2.17 bits per heavy atom. The van der Waals surface area contributed by atoms with Crippen molar-refractivity contribution in [2.45, 2.75) is 25.3 Å². The molecule has 1 aromatic rings. The average molecular weight is 268 g/mol. The van der Waals surface area contributed by atoms with E-state index in [0.717, 1.165) is 30.8 Å². The van der Waals surface area contributed by atoms with Gasteiger partial charge in [-0.1, -0.05) is 23.7 Å². The molecular weight excluding hydrogens is 250 g/mol. The quantitative estimate of drug-likeness (QED) is 0.846. The lowest BCUT2D eigenvalue weighted by molar-refractivity contribution is -0.118. The van der Waals surface area contributed by atoms with Gasteiger partial charge in [-0.2, -0.15) is 0 Å². The van der Waals surface area contributed by atoms with Crippen molar-refractivity contribution in [3.05, 3.63) is 34.9 Å². The fourth-order valence-electron chi connectivity index (χ4n) is 2.33. The summed E-state index contributed by atoms with van der Waals surface area (Å²) < 4.78 is 0. The Morgan fingerprint density at radius 1 is 1.44 bits per heavy atom. The van der Waals surface area contributed by atoms with Crippen LogP contribution in [-0.2, 0) is 11.2 Å². The van der Waals surface area contributed by atoms with Crippen LogP contribution >= 0.6 is 11.6 Å². The van der Waals surface area contributed by atoms with Crippen LogP contribution in [0.1, 0.15) is 18.4 Å². The van der Waals surface area contributed by atoms with Crippen molar-refractivity contribution in [2.24, 2.45) is 5.73 Å². The second-order valence-electron chi connectivity index (χ2n) is 4.62. The molecule has 18 heavy (non-hydrogen) atoms. The van der Waals surface area contributed by atoms with Crippen LogP contribution in [0.2, 0.25) is 5.02 Å². The highest BCUT2D eigenvalue weighted by Gasteiger charge is 2.24. The maximum absolute atomic E-state index is 10.8. The number of hydrogen-bond acceptors (Lipinski definition) is 3. The van der Waals surface area contributed by atoms with E-state index in [2.05, 4.69) is 10.4 Å². The van der Waals surface area contributed by atoms with Gasteiger partial charge in [-0.25, -0.2) is 10.4 Å². The van der Waals surface area contributed by atoms with Crippen LogP contribution in [0.3, 0.4) is 0 Å². The SMILES string of the molecule is NC(=O)CNN1CCCC1Cc1ccc(Cl)cc1. The zero-order valence-corrected chi connectivity index (χ0v) is 11.0. The molecule has 1 saturated heterocycles. The lowest BCUT2D eigenvalue weighted by Gasteiger charge is -2.24. The summed E-state index contributed by atoms with van der Waals surface area (Å²) in [7, 11) is 0. The maximum atomic E-state index is 10.8. The van der Waals surface area contributed by atoms with Crippen molar-refractivity contribution in [3.8, 4) is 0 Å². The van der Waals surface area contributed by atoms with Crippen molar-refractivity contribution < 1.29 is 4.79 Å². The van der Waals surface area contributed by atoms with Crippen molar-refractivity contribution in [1.29, 1.82) is 0 Å². The van der Waals surface area contributed by atoms with Gasteiger partial charge in [-0.3, -0.25) is 4.79 Å². The molecule has 5 heteroatoms. The van der Waals surface area contributed by atoms with Gasteiger partial charge in [0.15, 0.2) is 0 Å². The molecule has 1 fully saturated rings. The van der Waals surface area contributed by atoms with Crippen LogP contribution < -0.4 is 11.2 Å². The molecule has 1 heterocycles. The second-order valence-corrected chi connectivity index (χ2v) is 5.06. The van der Waals surface area contributed by atoms with E-state index in [1.807, 2.05) is 24.3 Å². The zero-order chi connectivity index (χ0) is 13.0. The summed E-state index contributed by atoms with van der Waals surface area (Å²) in [6.45, 7) is 1.17. The summed E-state index contributed by atoms with van der Waals surface area (Å²) >= 11 is 5.87. The number of carbonyl (C=O) groups excluding carboxylic acids is 1. The first-order valence-electron chi connectivity index (χ1n) is 6.18. The Bertz CT molecular complexity index is 407. The minimum absolute atomic E-state index is 0.205. The van der Waals surface area contributed by atoms with E-state index < -0.39 is 0 Å². The summed E-state index contributed by atoms with van der Waals surface area (Å²) in [5.41, 5.74) is 9.50. The molecule has 0 spiro atoms. The molecule has 1 aliphatic heterocycles. The molecule has 0 aliphatic carbocycles. The number of hydrogen-bond donors (Lipinski definition) is 2. The van der Waals surface area contributed by atoms with Crippen LogP contribution in [0, 0.1) is 0 Å². The summed E-state index contributed by atoms with van der Waals surface area (Å²) in [5, 5.41) is 2.88. The van der Waals surface area contributed by atoms with Crippen LogP contribution in [0.5, 0.6) is 0 Å². The summed E-state index contributed by atoms with van der Waals surface area (Å²) in [5.74, 6) is -0.327. The average Bonchev–Trinajstić information content (AvgIpc) is 2.77. The number of rotatable bonds is 5. The molecule has 1 atom stereocenters. The highest BCUT2D eigenvalue weighted by molar-refractivity contribution is 6.30. The van der Waals surface area contributed by atoms with E-state index in [-0.39, 0.29) is 12.5 Å². The number of nitrogens with one attached hydrogen (secondary N) is 1. The third-order valence-electron chi connectivity index (χ3n) is 3.22. The van der Waals surface area contributed by atoms with Gasteiger partial charge in [0.1, 0.15) is 0 Å². The third-order valence-corrected chi connectivity index (χ3v) is 3.47. The normalized spacial score (nSPS) is 20.2. The molecule has 0 saturated carbocycles. The first-order chi connectivity index (χ1) is 8.65. The van der Waals surface area contributed by atoms with Gasteiger partial charge in [0.05, 0.1) is 6.54 Å². The minimum Gasteiger partial charge on any atom is -0.369 e. The van der Waals surface area contributed by atoms with E-state index in [1.54, 1.807) is 0 Å². The fourth-order valence-corrected chi connectivity index (χ4v) is 2.45. The van der Waals surface area contributed by atoms with Gasteiger partial charge in [0.2, 0.25) is 5.91 Å². The number of halogens is 1. The summed E-state index contributed by atoms with van der Waals surface area (Å²) in [4.78, 5) is 10.8. The lowest BCUT2D eigenvalue weighted by Crippen LogP contribution is -2.46. The number of hydrazine groups is 1. The minimum atomic E-state index is -0.327. The van der Waals surface area contributed by atoms with Crippen LogP contribution in [0.4, 0.5) is 0 Å². The highest BCUT2D eigenvalue weighted by atomic mass is 35.5. The Hall–Kier alpha value is -1.10. The van der Waals surface area contributed by atoms with E-state index >= 15 is 0 Å². The number of amides is 1. The Morgan fingerprint density at radius 3 is 2.83 bits per heavy atom. The van der Waals surface area contributed by atoms with Gasteiger partial charge < -0.3 is 5.73 Å². The Balaban J connectivity index is 1.91. The van der Waals surface area contributed by atoms with E-state index in [0.29, 0.717) is 6.04 Å². The van der Waals surface area contributed by atoms with Crippen molar-refractivity contribution in [3.63, 3.8) is 0 Å². The van der Waals surface area contributed by atoms with Gasteiger partial charge in [-0.05, 0) is 37.0 Å². The first-order valence-corrected chi connectivity index (χ1v) is 6.56. The van der Waals surface area contributed by atoms with Crippen molar-refractivity contribution in [2.75, 3.05) is 13.1 Å². The third kappa shape index (κ3) is 3.70. The second kappa shape index (κ2) is 6.18. The molecule has 4 nitrogen and oxygen atoms in total. The van der Waals surface area contributed by atoms with Gasteiger partial charge in [0.25, 0.3) is 0 Å². The topological polar surface area (TPSA) is 58.4 Å². The van der Waals surface area contributed by atoms with Crippen molar-refractivity contribution >= 4 is 17.5 Å². The molecule has 2 rings (SSSR count). The monoisotopic (exact) mass is 267 g/mol. The number of nitrogens with zero attached hydrogens (tertiary/aromatic N) is 1. The standard InChI is InChI=1S/C13H18ClN3O/c14-11-5-3-10(4-6-11)8-12-2-1-7-17(12)16-9-13(15)18/h3-6,12,16H,1-2,7-9H2,(H2,15,18). The number of primary amides is 1. The molecule has 0 bridgehead atoms. The molecular formula is C13H18ClN3O. The smallest absolute Gasteiger partial charge is 0.232 e. The van der Waals surface area contributed by atoms with Crippen LogP contribution in [-0.4, -0.2) is 30.0 Å². The largest absolute Gasteiger partial charge is 0.369 e. The molecule has 1 aliphatic rings. The van der Waals surface area contributed by atoms with E-state index in [9.17, 15) is 4.79 Å². The summed E-state index contributed by atoms with van der Waals surface area (Å²) in [6.07, 6.45) is 3.24. The molecule has 3 N–H and O–H groups in total. The number of benzene rings is 1. The highest BCUT2D eigenvalue weighted by Crippen LogP contribution is 2.20. The molecule has 0 aromatic heterocycles. The fraction of sp³-hybridized carbons (Fsp3) is 0.462. The van der Waals surface area contributed by atoms with E-state index in [1.165, 1.54) is 5.56 Å². The van der Waals surface area contributed by atoms with Gasteiger partial charge in [0, 0.05) is 17.6 Å². The number of nitrogens with two attached hydrogens (primary N) is 1. The predicted molar refractivity (Wildman–Crippen MR) is 72.1 cm³/mol. The Kier molecular flexibility index (Phi) is 4.58. The predicted octanol–water partition coefficient (Wildman–Crippen LogP) is 1.34. The molecule has 1 amide bonds. The maximum Gasteiger partial charge on any atom is 0.232 e. The van der Waals surface area contributed by atoms with Gasteiger partial charge in [-0.15, -0.1) is 0 Å². The Labute approximate surface area is 112 Å². The van der Waals surface area contributed by atoms with E-state index in [4.69, 9.17) is 17.3 Å². The lowest BCUT2D eigenvalue weighted by atomic mass is 10.0.